The maximum absolute atomic E-state index is 13.4. The Hall–Kier alpha value is -4.69. The fourth-order valence-electron chi connectivity index (χ4n) is 4.75. The average Bonchev–Trinajstić information content (AvgIpc) is 3.01. The van der Waals surface area contributed by atoms with Crippen molar-refractivity contribution in [3.63, 3.8) is 0 Å². The molecular weight excluding hydrogens is 650 g/mol. The molecule has 0 saturated heterocycles. The average molecular weight is 706 g/mol. The van der Waals surface area contributed by atoms with E-state index in [2.05, 4.69) is 21.3 Å². The minimum atomic E-state index is -0.996. The van der Waals surface area contributed by atoms with E-state index in [4.69, 9.17) is 20.3 Å². The first-order valence-corrected chi connectivity index (χ1v) is 17.0. The number of carboxylic acid groups (broad SMARTS) is 1. The standard InChI is InChI=1S/C35H55N5O10/c1-23(2)27(21-26(41)10-8-12-30(43)44)31(45)40-28(11-9-19-37-32(36)46)29(42)20-24-13-15-25(16-14-24)22-49-33(47)38-17-6-7-18-39-34(48)50-35(3,4)5/h13-16,23,27-28H,6-12,17-22H2,1-5H3,(H,38,47)(H,39,48)(H,40,45)(H,43,44)(H3,36,37,46)/t27-,28-/m0/s1. The summed E-state index contributed by atoms with van der Waals surface area (Å²) in [4.78, 5) is 84.8. The molecule has 1 rings (SSSR count). The van der Waals surface area contributed by atoms with Crippen molar-refractivity contribution in [1.82, 2.24) is 21.3 Å². The Balaban J connectivity index is 2.66. The highest BCUT2D eigenvalue weighted by Crippen LogP contribution is 2.19. The van der Waals surface area contributed by atoms with Gasteiger partial charge in [0.1, 0.15) is 18.0 Å². The van der Waals surface area contributed by atoms with Crippen molar-refractivity contribution in [2.24, 2.45) is 17.6 Å². The third-order valence-corrected chi connectivity index (χ3v) is 7.42. The summed E-state index contributed by atoms with van der Waals surface area (Å²) in [7, 11) is 0. The summed E-state index contributed by atoms with van der Waals surface area (Å²) >= 11 is 0. The predicted molar refractivity (Wildman–Crippen MR) is 185 cm³/mol. The topological polar surface area (TPSA) is 232 Å². The molecule has 0 aromatic heterocycles. The highest BCUT2D eigenvalue weighted by Gasteiger charge is 2.29. The lowest BCUT2D eigenvalue weighted by Gasteiger charge is -2.24. The number of alkyl carbamates (subject to hydrolysis) is 2. The summed E-state index contributed by atoms with van der Waals surface area (Å²) in [5.74, 6) is -2.85. The number of carbonyl (C=O) groups is 7. The van der Waals surface area contributed by atoms with Gasteiger partial charge in [-0.25, -0.2) is 14.4 Å². The maximum Gasteiger partial charge on any atom is 0.407 e. The lowest BCUT2D eigenvalue weighted by Crippen LogP contribution is -2.46. The third-order valence-electron chi connectivity index (χ3n) is 7.42. The molecule has 0 bridgehead atoms. The zero-order valence-electron chi connectivity index (χ0n) is 29.9. The van der Waals surface area contributed by atoms with Gasteiger partial charge in [0, 0.05) is 51.2 Å². The number of carboxylic acids is 1. The van der Waals surface area contributed by atoms with Crippen LogP contribution in [0.25, 0.3) is 0 Å². The largest absolute Gasteiger partial charge is 0.481 e. The molecule has 0 saturated carbocycles. The van der Waals surface area contributed by atoms with Crippen LogP contribution in [0, 0.1) is 11.8 Å². The number of amides is 5. The molecule has 7 N–H and O–H groups in total. The molecule has 5 amide bonds. The Morgan fingerprint density at radius 1 is 0.800 bits per heavy atom. The predicted octanol–water partition coefficient (Wildman–Crippen LogP) is 3.75. The van der Waals surface area contributed by atoms with E-state index in [0.29, 0.717) is 43.5 Å². The molecule has 280 valence electrons. The quantitative estimate of drug-likeness (QED) is 0.0903. The van der Waals surface area contributed by atoms with E-state index in [1.165, 1.54) is 0 Å². The molecule has 2 atom stereocenters. The van der Waals surface area contributed by atoms with Crippen molar-refractivity contribution in [2.45, 2.75) is 111 Å². The van der Waals surface area contributed by atoms with Crippen LogP contribution in [0.4, 0.5) is 14.4 Å². The van der Waals surface area contributed by atoms with Gasteiger partial charge >= 0.3 is 24.2 Å². The van der Waals surface area contributed by atoms with Gasteiger partial charge in [-0.1, -0.05) is 38.1 Å². The van der Waals surface area contributed by atoms with Crippen molar-refractivity contribution in [1.29, 1.82) is 0 Å². The van der Waals surface area contributed by atoms with Gasteiger partial charge < -0.3 is 41.6 Å². The second kappa shape index (κ2) is 22.9. The van der Waals surface area contributed by atoms with Gasteiger partial charge in [0.15, 0.2) is 5.78 Å². The number of nitrogens with one attached hydrogen (secondary N) is 4. The monoisotopic (exact) mass is 705 g/mol. The Labute approximate surface area is 294 Å². The molecule has 0 unspecified atom stereocenters. The van der Waals surface area contributed by atoms with Gasteiger partial charge in [-0.05, 0) is 69.9 Å². The number of hydrogen-bond donors (Lipinski definition) is 6. The second-order valence-electron chi connectivity index (χ2n) is 13.4. The van der Waals surface area contributed by atoms with Gasteiger partial charge in [0.05, 0.1) is 6.04 Å². The zero-order chi connectivity index (χ0) is 37.7. The van der Waals surface area contributed by atoms with Crippen molar-refractivity contribution in [3.8, 4) is 0 Å². The molecule has 0 aliphatic carbocycles. The van der Waals surface area contributed by atoms with Crippen LogP contribution in [0.1, 0.15) is 97.1 Å². The molecule has 15 nitrogen and oxygen atoms in total. The van der Waals surface area contributed by atoms with Gasteiger partial charge in [0.2, 0.25) is 5.91 Å². The van der Waals surface area contributed by atoms with Crippen LogP contribution in [0.2, 0.25) is 0 Å². The van der Waals surface area contributed by atoms with Crippen molar-refractivity contribution < 1.29 is 48.1 Å². The molecule has 15 heteroatoms. The Bertz CT molecular complexity index is 1280. The van der Waals surface area contributed by atoms with E-state index in [-0.39, 0.29) is 69.2 Å². The number of Topliss-reactive ketones (excluding diaryl/α,β-unsaturated/α-hetero) is 2. The van der Waals surface area contributed by atoms with Gasteiger partial charge in [0.25, 0.3) is 0 Å². The number of ketones is 2. The summed E-state index contributed by atoms with van der Waals surface area (Å²) in [6.07, 6.45) is 0.806. The SMILES string of the molecule is CC(C)[C@H](CC(=O)CCCC(=O)O)C(=O)N[C@@H](CCCNC(N)=O)C(=O)Cc1ccc(COC(=O)NCCCCNC(=O)OC(C)(C)C)cc1. The van der Waals surface area contributed by atoms with Crippen LogP contribution >= 0.6 is 0 Å². The lowest BCUT2D eigenvalue weighted by atomic mass is 9.88. The first kappa shape index (κ1) is 43.3. The fourth-order valence-corrected chi connectivity index (χ4v) is 4.75. The summed E-state index contributed by atoms with van der Waals surface area (Å²) in [5, 5.41) is 19.4. The van der Waals surface area contributed by atoms with E-state index in [9.17, 15) is 33.6 Å². The van der Waals surface area contributed by atoms with Crippen LogP contribution in [0.3, 0.4) is 0 Å². The highest BCUT2D eigenvalue weighted by atomic mass is 16.6. The van der Waals surface area contributed by atoms with E-state index < -0.39 is 47.7 Å². The van der Waals surface area contributed by atoms with Crippen LogP contribution in [0.15, 0.2) is 24.3 Å². The summed E-state index contributed by atoms with van der Waals surface area (Å²) in [6.45, 7) is 9.94. The molecular formula is C35H55N5O10. The number of carbonyl (C=O) groups excluding carboxylic acids is 6. The smallest absolute Gasteiger partial charge is 0.407 e. The number of ether oxygens (including phenoxy) is 2. The summed E-state index contributed by atoms with van der Waals surface area (Å²) < 4.78 is 10.4. The normalized spacial score (nSPS) is 12.3. The minimum absolute atomic E-state index is 0.000926. The third kappa shape index (κ3) is 20.6. The number of urea groups is 1. The van der Waals surface area contributed by atoms with Crippen molar-refractivity contribution >= 4 is 41.7 Å². The van der Waals surface area contributed by atoms with E-state index in [0.717, 1.165) is 0 Å². The van der Waals surface area contributed by atoms with E-state index >= 15 is 0 Å². The fraction of sp³-hybridized carbons (Fsp3) is 0.629. The number of primary amides is 1. The van der Waals surface area contributed by atoms with E-state index in [1.54, 1.807) is 58.9 Å². The molecule has 0 spiro atoms. The highest BCUT2D eigenvalue weighted by molar-refractivity contribution is 5.93. The molecule has 1 aromatic carbocycles. The van der Waals surface area contributed by atoms with Crippen LogP contribution < -0.4 is 27.0 Å². The molecule has 50 heavy (non-hydrogen) atoms. The minimum Gasteiger partial charge on any atom is -0.481 e. The Kier molecular flexibility index (Phi) is 19.8. The first-order chi connectivity index (χ1) is 23.5. The molecule has 0 radical (unpaired) electrons. The molecule has 0 heterocycles. The molecule has 0 aliphatic heterocycles. The number of nitrogens with two attached hydrogens (primary N) is 1. The zero-order valence-corrected chi connectivity index (χ0v) is 29.9. The maximum atomic E-state index is 13.4. The Morgan fingerprint density at radius 2 is 1.38 bits per heavy atom. The first-order valence-electron chi connectivity index (χ1n) is 17.0. The van der Waals surface area contributed by atoms with Crippen LogP contribution in [-0.2, 0) is 41.7 Å². The van der Waals surface area contributed by atoms with Gasteiger partial charge in [-0.15, -0.1) is 0 Å². The Morgan fingerprint density at radius 3 is 1.94 bits per heavy atom. The van der Waals surface area contributed by atoms with E-state index in [1.807, 2.05) is 0 Å². The molecule has 0 aliphatic rings. The second-order valence-corrected chi connectivity index (χ2v) is 13.4. The molecule has 1 aromatic rings. The van der Waals surface area contributed by atoms with Crippen molar-refractivity contribution in [3.05, 3.63) is 35.4 Å². The summed E-state index contributed by atoms with van der Waals surface area (Å²) in [5.41, 5.74) is 5.94. The molecule has 0 fully saturated rings. The van der Waals surface area contributed by atoms with Gasteiger partial charge in [-0.2, -0.15) is 0 Å². The lowest BCUT2D eigenvalue weighted by molar-refractivity contribution is -0.137. The van der Waals surface area contributed by atoms with Gasteiger partial charge in [-0.3, -0.25) is 19.2 Å². The number of unbranched alkanes of at least 4 members (excludes halogenated alkanes) is 1. The van der Waals surface area contributed by atoms with Crippen LogP contribution in [-0.4, -0.2) is 78.0 Å². The number of hydrogen-bond acceptors (Lipinski definition) is 9. The van der Waals surface area contributed by atoms with Crippen molar-refractivity contribution in [2.75, 3.05) is 19.6 Å². The number of benzene rings is 1. The summed E-state index contributed by atoms with van der Waals surface area (Å²) in [6, 6.07) is 5.32. The van der Waals surface area contributed by atoms with Crippen LogP contribution in [0.5, 0.6) is 0 Å². The number of aliphatic carboxylic acids is 1. The number of rotatable bonds is 23.